The average molecular weight is 507 g/mol. The van der Waals surface area contributed by atoms with Gasteiger partial charge >= 0.3 is 0 Å². The molecule has 0 bridgehead atoms. The maximum absolute atomic E-state index is 13.9. The molecule has 1 saturated carbocycles. The van der Waals surface area contributed by atoms with E-state index in [-0.39, 0.29) is 41.0 Å². The van der Waals surface area contributed by atoms with E-state index in [9.17, 15) is 22.4 Å². The highest BCUT2D eigenvalue weighted by Gasteiger charge is 2.26. The van der Waals surface area contributed by atoms with E-state index in [1.165, 1.54) is 24.3 Å². The maximum Gasteiger partial charge on any atom is 0.273 e. The lowest BCUT2D eigenvalue weighted by Gasteiger charge is -2.13. The van der Waals surface area contributed by atoms with Crippen LogP contribution in [0, 0.1) is 17.6 Å². The summed E-state index contributed by atoms with van der Waals surface area (Å²) in [5, 5.41) is 2.53. The van der Waals surface area contributed by atoms with Crippen molar-refractivity contribution < 1.29 is 36.2 Å². The number of aromatic nitrogens is 1. The Bertz CT molecular complexity index is 1230. The van der Waals surface area contributed by atoms with Crippen molar-refractivity contribution in [3.8, 4) is 23.0 Å². The largest absolute Gasteiger partial charge is 0.489 e. The highest BCUT2D eigenvalue weighted by Crippen LogP contribution is 2.36. The number of benzene rings is 2. The molecule has 7 nitrogen and oxygen atoms in total. The number of amides is 1. The summed E-state index contributed by atoms with van der Waals surface area (Å²) >= 11 is 0. The van der Waals surface area contributed by atoms with E-state index >= 15 is 0 Å². The second-order valence-corrected chi connectivity index (χ2v) is 8.56. The lowest BCUT2D eigenvalue weighted by atomic mass is 10.2. The number of hydrogen-bond acceptors (Lipinski definition) is 6. The van der Waals surface area contributed by atoms with Crippen LogP contribution in [0.25, 0.3) is 11.5 Å². The first-order valence-electron chi connectivity index (χ1n) is 11.4. The predicted molar refractivity (Wildman–Crippen MR) is 122 cm³/mol. The molecule has 1 amide bonds. The Morgan fingerprint density at radius 2 is 1.94 bits per heavy atom. The number of alkyl halides is 2. The van der Waals surface area contributed by atoms with Crippen molar-refractivity contribution in [2.75, 3.05) is 13.2 Å². The second kappa shape index (κ2) is 11.0. The van der Waals surface area contributed by atoms with Gasteiger partial charge in [-0.05, 0) is 49.9 Å². The lowest BCUT2D eigenvalue weighted by molar-refractivity contribution is 0.0798. The normalized spacial score (nSPS) is 14.1. The third-order valence-corrected chi connectivity index (χ3v) is 5.46. The van der Waals surface area contributed by atoms with Gasteiger partial charge in [-0.25, -0.2) is 22.5 Å². The number of carbonyl (C=O) groups is 1. The summed E-state index contributed by atoms with van der Waals surface area (Å²) in [7, 11) is 0. The summed E-state index contributed by atoms with van der Waals surface area (Å²) < 4.78 is 69.1. The fraction of sp³-hybridized carbons (Fsp3) is 0.360. The molecule has 3 aromatic rings. The van der Waals surface area contributed by atoms with E-state index in [1.807, 2.05) is 0 Å². The van der Waals surface area contributed by atoms with Crippen LogP contribution in [0.4, 0.5) is 17.6 Å². The Morgan fingerprint density at radius 1 is 1.17 bits per heavy atom. The summed E-state index contributed by atoms with van der Waals surface area (Å²) in [5.74, 6) is -1.23. The number of nitrogens with one attached hydrogen (secondary N) is 1. The van der Waals surface area contributed by atoms with Crippen molar-refractivity contribution in [2.24, 2.45) is 11.7 Å². The Labute approximate surface area is 204 Å². The van der Waals surface area contributed by atoms with Gasteiger partial charge in [0.25, 0.3) is 12.3 Å². The highest BCUT2D eigenvalue weighted by molar-refractivity contribution is 5.94. The van der Waals surface area contributed by atoms with E-state index < -0.39 is 36.6 Å². The molecule has 0 saturated heterocycles. The monoisotopic (exact) mass is 507 g/mol. The van der Waals surface area contributed by atoms with Crippen LogP contribution in [-0.2, 0) is 6.54 Å². The van der Waals surface area contributed by atoms with Gasteiger partial charge in [-0.1, -0.05) is 6.07 Å². The van der Waals surface area contributed by atoms with Gasteiger partial charge < -0.3 is 24.9 Å². The quantitative estimate of drug-likeness (QED) is 0.354. The third kappa shape index (κ3) is 6.34. The first-order chi connectivity index (χ1) is 17.2. The Balaban J connectivity index is 1.57. The van der Waals surface area contributed by atoms with E-state index in [0.29, 0.717) is 18.1 Å². The fourth-order valence-electron chi connectivity index (χ4n) is 3.37. The molecule has 3 N–H and O–H groups in total. The molecule has 0 aliphatic heterocycles. The molecular formula is C25H25F4N3O4. The molecule has 1 heterocycles. The summed E-state index contributed by atoms with van der Waals surface area (Å²) in [5.41, 5.74) is 6.38. The van der Waals surface area contributed by atoms with Gasteiger partial charge in [-0.15, -0.1) is 0 Å². The fourth-order valence-corrected chi connectivity index (χ4v) is 3.37. The minimum Gasteiger partial charge on any atom is -0.489 e. The molecule has 4 rings (SSSR count). The molecule has 1 aliphatic rings. The molecule has 2 aromatic carbocycles. The molecule has 36 heavy (non-hydrogen) atoms. The number of ether oxygens (including phenoxy) is 2. The number of oxazole rings is 1. The number of hydrogen-bond donors (Lipinski definition) is 2. The van der Waals surface area contributed by atoms with E-state index in [1.54, 1.807) is 6.92 Å². The molecular weight excluding hydrogens is 482 g/mol. The molecule has 1 unspecified atom stereocenters. The highest BCUT2D eigenvalue weighted by atomic mass is 19.3. The first kappa shape index (κ1) is 25.5. The van der Waals surface area contributed by atoms with Gasteiger partial charge in [0.1, 0.15) is 18.2 Å². The minimum atomic E-state index is -2.65. The van der Waals surface area contributed by atoms with Gasteiger partial charge in [-0.3, -0.25) is 4.79 Å². The summed E-state index contributed by atoms with van der Waals surface area (Å²) in [4.78, 5) is 17.1. The summed E-state index contributed by atoms with van der Waals surface area (Å²) in [6.45, 7) is 1.03. The van der Waals surface area contributed by atoms with Crippen molar-refractivity contribution in [2.45, 2.75) is 38.8 Å². The smallest absolute Gasteiger partial charge is 0.273 e. The first-order valence-corrected chi connectivity index (χ1v) is 11.4. The minimum absolute atomic E-state index is 0.0529. The van der Waals surface area contributed by atoms with Gasteiger partial charge in [0, 0.05) is 23.7 Å². The lowest BCUT2D eigenvalue weighted by Crippen LogP contribution is -2.25. The van der Waals surface area contributed by atoms with Gasteiger partial charge in [0.05, 0.1) is 12.6 Å². The van der Waals surface area contributed by atoms with Crippen LogP contribution in [-0.4, -0.2) is 30.5 Å². The Hall–Kier alpha value is -3.60. The van der Waals surface area contributed by atoms with Crippen LogP contribution in [0.3, 0.4) is 0 Å². The average Bonchev–Trinajstić information content (AvgIpc) is 3.55. The van der Waals surface area contributed by atoms with Crippen molar-refractivity contribution in [3.63, 3.8) is 0 Å². The van der Waals surface area contributed by atoms with E-state index in [0.717, 1.165) is 25.0 Å². The third-order valence-electron chi connectivity index (χ3n) is 5.46. The SMILES string of the molecule is CC(N)c1oc(-c2ccc(OCC(F)F)c(OCC3CC3)c2)nc1C(=O)NCc1ccc(F)cc1F. The molecule has 11 heteroatoms. The number of rotatable bonds is 11. The number of nitrogens with two attached hydrogens (primary N) is 1. The van der Waals surface area contributed by atoms with Crippen LogP contribution in [0.5, 0.6) is 11.5 Å². The van der Waals surface area contributed by atoms with Crippen LogP contribution in [0.15, 0.2) is 40.8 Å². The zero-order valence-electron chi connectivity index (χ0n) is 19.4. The zero-order chi connectivity index (χ0) is 25.8. The molecule has 1 aliphatic carbocycles. The van der Waals surface area contributed by atoms with Crippen LogP contribution >= 0.6 is 0 Å². The van der Waals surface area contributed by atoms with Gasteiger partial charge in [-0.2, -0.15) is 0 Å². The van der Waals surface area contributed by atoms with Crippen molar-refractivity contribution in [3.05, 3.63) is 65.1 Å². The number of nitrogens with zero attached hydrogens (tertiary/aromatic N) is 1. The summed E-state index contributed by atoms with van der Waals surface area (Å²) in [6, 6.07) is 6.88. The number of carbonyl (C=O) groups excluding carboxylic acids is 1. The van der Waals surface area contributed by atoms with Gasteiger partial charge in [0.2, 0.25) is 5.89 Å². The molecule has 1 aromatic heterocycles. The standard InChI is InChI=1S/C25H25F4N3O4/c1-13(30)23-22(24(33)31-10-16-4-6-17(26)9-18(16)27)32-25(36-23)15-5-7-19(35-12-21(28)29)20(8-15)34-11-14-2-3-14/h4-9,13-14,21H,2-3,10-12,30H2,1H3,(H,31,33). The summed E-state index contributed by atoms with van der Waals surface area (Å²) in [6.07, 6.45) is -0.583. The van der Waals surface area contributed by atoms with Gasteiger partial charge in [0.15, 0.2) is 23.0 Å². The van der Waals surface area contributed by atoms with E-state index in [2.05, 4.69) is 10.3 Å². The molecule has 1 atom stereocenters. The number of halogens is 4. The van der Waals surface area contributed by atoms with Crippen LogP contribution in [0.1, 0.15) is 47.6 Å². The van der Waals surface area contributed by atoms with E-state index in [4.69, 9.17) is 19.6 Å². The molecule has 0 radical (unpaired) electrons. The van der Waals surface area contributed by atoms with Crippen molar-refractivity contribution >= 4 is 5.91 Å². The Kier molecular flexibility index (Phi) is 7.78. The Morgan fingerprint density at radius 3 is 2.61 bits per heavy atom. The molecule has 192 valence electrons. The van der Waals surface area contributed by atoms with Crippen molar-refractivity contribution in [1.29, 1.82) is 0 Å². The topological polar surface area (TPSA) is 99.6 Å². The zero-order valence-corrected chi connectivity index (χ0v) is 19.4. The second-order valence-electron chi connectivity index (χ2n) is 8.56. The molecule has 0 spiro atoms. The van der Waals surface area contributed by atoms with Crippen LogP contribution < -0.4 is 20.5 Å². The van der Waals surface area contributed by atoms with Crippen LogP contribution in [0.2, 0.25) is 0 Å². The maximum atomic E-state index is 13.9. The van der Waals surface area contributed by atoms with Crippen molar-refractivity contribution in [1.82, 2.24) is 10.3 Å². The molecule has 1 fully saturated rings. The predicted octanol–water partition coefficient (Wildman–Crippen LogP) is 5.00.